The van der Waals surface area contributed by atoms with Crippen molar-refractivity contribution in [3.05, 3.63) is 48.0 Å². The fourth-order valence-corrected chi connectivity index (χ4v) is 9.08. The van der Waals surface area contributed by atoms with E-state index in [2.05, 4.69) is 30.5 Å². The SMILES string of the molecule is Cc1cc(-c2nc(O[C@@H]3C[C@H]4C(=O)N[C@]5(C(=O)NS(=O)(=O)C6CC6)C[C@H]5C=CCCCCC[C@H](NC(=O)OC(C)(C)C)C(=O)N4C3)c3oc4ccc(F)cc4c3n2)no1. The Kier molecular flexibility index (Phi) is 10.4. The summed E-state index contributed by atoms with van der Waals surface area (Å²) in [6.07, 6.45) is 5.87. The van der Waals surface area contributed by atoms with Gasteiger partial charge in [0.05, 0.1) is 11.8 Å². The molecule has 1 aromatic carbocycles. The van der Waals surface area contributed by atoms with Gasteiger partial charge in [0, 0.05) is 23.8 Å². The van der Waals surface area contributed by atoms with Crippen LogP contribution in [0.15, 0.2) is 45.4 Å². The molecule has 3 N–H and O–H groups in total. The molecule has 0 unspecified atom stereocenters. The fraction of sp³-hybridized carbons (Fsp3) is 0.525. The van der Waals surface area contributed by atoms with Crippen LogP contribution in [0.25, 0.3) is 33.6 Å². The first-order valence-corrected chi connectivity index (χ1v) is 21.4. The molecular formula is C40H46FN7O10S. The lowest BCUT2D eigenvalue weighted by Crippen LogP contribution is -2.58. The predicted octanol–water partition coefficient (Wildman–Crippen LogP) is 4.72. The number of benzene rings is 1. The first-order chi connectivity index (χ1) is 28.0. The van der Waals surface area contributed by atoms with Crippen LogP contribution in [0.1, 0.15) is 84.3 Å². The number of halogens is 1. The maximum absolute atomic E-state index is 14.6. The molecule has 17 nitrogen and oxygen atoms in total. The van der Waals surface area contributed by atoms with Gasteiger partial charge in [-0.25, -0.2) is 22.6 Å². The number of sulfonamides is 1. The van der Waals surface area contributed by atoms with E-state index in [1.807, 2.05) is 12.2 Å². The van der Waals surface area contributed by atoms with Crippen molar-refractivity contribution in [2.24, 2.45) is 5.92 Å². The number of nitrogens with zero attached hydrogens (tertiary/aromatic N) is 4. The van der Waals surface area contributed by atoms with E-state index < -0.39 is 80.2 Å². The molecule has 3 aromatic heterocycles. The Morgan fingerprint density at radius 1 is 1.08 bits per heavy atom. The molecule has 1 saturated heterocycles. The number of hydrogen-bond acceptors (Lipinski definition) is 13. The summed E-state index contributed by atoms with van der Waals surface area (Å²) in [4.78, 5) is 66.6. The molecule has 5 atom stereocenters. The molecule has 0 spiro atoms. The number of nitrogens with one attached hydrogen (secondary N) is 3. The molecule has 59 heavy (non-hydrogen) atoms. The number of amides is 4. The third-order valence-corrected chi connectivity index (χ3v) is 12.7. The summed E-state index contributed by atoms with van der Waals surface area (Å²) >= 11 is 0. The van der Waals surface area contributed by atoms with Crippen LogP contribution >= 0.6 is 0 Å². The van der Waals surface area contributed by atoms with Gasteiger partial charge in [-0.15, -0.1) is 0 Å². The Hall–Kier alpha value is -5.59. The highest BCUT2D eigenvalue weighted by Gasteiger charge is 2.62. The smallest absolute Gasteiger partial charge is 0.408 e. The average molecular weight is 836 g/mol. The lowest BCUT2D eigenvalue weighted by atomic mass is 10.0. The van der Waals surface area contributed by atoms with Crippen LogP contribution in [-0.4, -0.2) is 93.4 Å². The minimum atomic E-state index is -3.95. The third kappa shape index (κ3) is 8.47. The fourth-order valence-electron chi connectivity index (χ4n) is 7.71. The van der Waals surface area contributed by atoms with Gasteiger partial charge in [-0.05, 0) is 84.4 Å². The van der Waals surface area contributed by atoms with Crippen LogP contribution in [0.5, 0.6) is 5.88 Å². The normalized spacial score (nSPS) is 25.4. The number of furan rings is 1. The van der Waals surface area contributed by atoms with Gasteiger partial charge in [0.2, 0.25) is 27.4 Å². The molecule has 8 rings (SSSR count). The standard InChI is InChI=1S/C40H46FN7O10S/c1-21-16-28(46-58-21)33-43-31-26-17-23(41)12-15-30(26)56-32(31)35(44-33)55-24-18-29-34(49)45-40(37(51)47-59(53,54)25-13-14-25)19-22(40)10-8-6-5-7-9-11-27(36(50)48(29)20-24)42-38(52)57-39(2,3)4/h8,10,12,15-17,22,24-25,27,29H,5-7,9,11,13-14,18-20H2,1-4H3,(H,42,52)(H,45,49)(H,47,51)/t22-,24-,27+,29+,40-/m1/s1. The summed E-state index contributed by atoms with van der Waals surface area (Å²) in [5.74, 6) is -2.65. The number of carbonyl (C=O) groups is 4. The minimum Gasteiger partial charge on any atom is -0.470 e. The summed E-state index contributed by atoms with van der Waals surface area (Å²) in [5, 5.41) is 9.27. The van der Waals surface area contributed by atoms with E-state index in [1.165, 1.54) is 23.1 Å². The Morgan fingerprint density at radius 3 is 2.61 bits per heavy atom. The Balaban J connectivity index is 1.15. The topological polar surface area (TPSA) is 225 Å². The summed E-state index contributed by atoms with van der Waals surface area (Å²) in [7, 11) is -3.95. The van der Waals surface area contributed by atoms with Crippen molar-refractivity contribution in [3.8, 4) is 17.4 Å². The number of ether oxygens (including phenoxy) is 2. The number of alkyl carbamates (subject to hydrolysis) is 1. The zero-order valence-electron chi connectivity index (χ0n) is 33.1. The summed E-state index contributed by atoms with van der Waals surface area (Å²) in [6.45, 7) is 6.63. The van der Waals surface area contributed by atoms with Crippen LogP contribution in [-0.2, 0) is 29.1 Å². The second-order valence-electron chi connectivity index (χ2n) is 16.8. The molecule has 19 heteroatoms. The summed E-state index contributed by atoms with van der Waals surface area (Å²) < 4.78 is 65.8. The third-order valence-electron chi connectivity index (χ3n) is 10.9. The van der Waals surface area contributed by atoms with Crippen LogP contribution in [0.2, 0.25) is 0 Å². The van der Waals surface area contributed by atoms with E-state index in [0.717, 1.165) is 6.42 Å². The van der Waals surface area contributed by atoms with Crippen molar-refractivity contribution in [1.82, 2.24) is 35.4 Å². The number of aromatic nitrogens is 3. The van der Waals surface area contributed by atoms with Gasteiger partial charge in [-0.2, -0.15) is 4.98 Å². The monoisotopic (exact) mass is 835 g/mol. The lowest BCUT2D eigenvalue weighted by Gasteiger charge is -2.30. The first-order valence-electron chi connectivity index (χ1n) is 19.8. The van der Waals surface area contributed by atoms with E-state index >= 15 is 0 Å². The predicted molar refractivity (Wildman–Crippen MR) is 208 cm³/mol. The summed E-state index contributed by atoms with van der Waals surface area (Å²) in [6, 6.07) is 3.24. The van der Waals surface area contributed by atoms with Crippen molar-refractivity contribution in [3.63, 3.8) is 0 Å². The van der Waals surface area contributed by atoms with Crippen LogP contribution in [0.3, 0.4) is 0 Å². The second-order valence-corrected chi connectivity index (χ2v) is 18.7. The second kappa shape index (κ2) is 15.2. The summed E-state index contributed by atoms with van der Waals surface area (Å²) in [5.41, 5.74) is -1.55. The molecule has 2 aliphatic carbocycles. The van der Waals surface area contributed by atoms with Crippen LogP contribution in [0, 0.1) is 18.7 Å². The highest BCUT2D eigenvalue weighted by Crippen LogP contribution is 2.46. The van der Waals surface area contributed by atoms with Crippen molar-refractivity contribution in [2.75, 3.05) is 6.54 Å². The molecule has 3 fully saturated rings. The van der Waals surface area contributed by atoms with Gasteiger partial charge in [0.25, 0.3) is 11.8 Å². The zero-order chi connectivity index (χ0) is 41.9. The van der Waals surface area contributed by atoms with E-state index in [0.29, 0.717) is 48.8 Å². The van der Waals surface area contributed by atoms with Crippen molar-refractivity contribution in [1.29, 1.82) is 0 Å². The largest absolute Gasteiger partial charge is 0.470 e. The van der Waals surface area contributed by atoms with Crippen LogP contribution in [0.4, 0.5) is 9.18 Å². The number of hydrogen-bond donors (Lipinski definition) is 3. The quantitative estimate of drug-likeness (QED) is 0.215. The molecule has 4 amide bonds. The van der Waals surface area contributed by atoms with Gasteiger partial charge in [-0.1, -0.05) is 30.2 Å². The molecule has 0 bridgehead atoms. The average Bonchev–Trinajstić information content (AvgIpc) is 4.00. The molecule has 2 saturated carbocycles. The number of allylic oxidation sites excluding steroid dienone is 1. The van der Waals surface area contributed by atoms with E-state index in [1.54, 1.807) is 33.8 Å². The van der Waals surface area contributed by atoms with Gasteiger partial charge >= 0.3 is 6.09 Å². The van der Waals surface area contributed by atoms with Gasteiger partial charge in [0.1, 0.15) is 52.0 Å². The highest BCUT2D eigenvalue weighted by molar-refractivity contribution is 7.91. The lowest BCUT2D eigenvalue weighted by molar-refractivity contribution is -0.141. The number of fused-ring (bicyclic) bond motifs is 5. The van der Waals surface area contributed by atoms with Crippen LogP contribution < -0.4 is 20.1 Å². The molecule has 0 radical (unpaired) electrons. The number of aryl methyl sites for hydroxylation is 1. The number of carbonyl (C=O) groups excluding carboxylic acids is 4. The van der Waals surface area contributed by atoms with Gasteiger partial charge < -0.3 is 33.9 Å². The Morgan fingerprint density at radius 2 is 1.88 bits per heavy atom. The molecular weight excluding hydrogens is 790 g/mol. The van der Waals surface area contributed by atoms with Gasteiger partial charge in [-0.3, -0.25) is 19.1 Å². The maximum atomic E-state index is 14.6. The molecule has 4 aliphatic rings. The minimum absolute atomic E-state index is 0.0696. The molecule has 4 aromatic rings. The number of rotatable bonds is 7. The Labute approximate surface area is 338 Å². The molecule has 314 valence electrons. The van der Waals surface area contributed by atoms with Crippen molar-refractivity contribution in [2.45, 2.75) is 120 Å². The Bertz CT molecular complexity index is 2470. The van der Waals surface area contributed by atoms with Crippen molar-refractivity contribution >= 4 is 55.9 Å². The van der Waals surface area contributed by atoms with E-state index in [-0.39, 0.29) is 54.3 Å². The zero-order valence-corrected chi connectivity index (χ0v) is 33.9. The maximum Gasteiger partial charge on any atom is 0.408 e. The molecule has 5 heterocycles. The first kappa shape index (κ1) is 40.2. The highest BCUT2D eigenvalue weighted by atomic mass is 32.2. The molecule has 2 aliphatic heterocycles. The van der Waals surface area contributed by atoms with Gasteiger partial charge in [0.15, 0.2) is 11.5 Å². The van der Waals surface area contributed by atoms with Crippen molar-refractivity contribution < 1.29 is 50.4 Å². The van der Waals surface area contributed by atoms with E-state index in [4.69, 9.17) is 18.4 Å². The van der Waals surface area contributed by atoms with E-state index in [9.17, 15) is 32.0 Å².